The van der Waals surface area contributed by atoms with Crippen LogP contribution in [0.1, 0.15) is 88.8 Å². The molecule has 2 aliphatic carbocycles. The van der Waals surface area contributed by atoms with Crippen molar-refractivity contribution in [2.75, 3.05) is 27.3 Å². The molecule has 13 nitrogen and oxygen atoms in total. The maximum absolute atomic E-state index is 14.3. The zero-order chi connectivity index (χ0) is 33.2. The van der Waals surface area contributed by atoms with Crippen LogP contribution in [0.2, 0.25) is 0 Å². The number of ketones is 2. The largest absolute Gasteiger partial charge is 0.507 e. The minimum absolute atomic E-state index is 0.0698. The number of likely N-dealkylation sites (N-methyl/N-ethyl adjacent to an activating group) is 1. The molecule has 3 heterocycles. The van der Waals surface area contributed by atoms with Crippen LogP contribution in [-0.4, -0.2) is 111 Å². The van der Waals surface area contributed by atoms with Gasteiger partial charge in [0.05, 0.1) is 47.7 Å². The molecule has 8 atom stereocenters. The van der Waals surface area contributed by atoms with Crippen molar-refractivity contribution < 1.29 is 58.8 Å². The van der Waals surface area contributed by atoms with Crippen molar-refractivity contribution in [2.24, 2.45) is 0 Å². The molecule has 2 aromatic rings. The Morgan fingerprint density at radius 1 is 1.00 bits per heavy atom. The highest BCUT2D eigenvalue weighted by atomic mass is 16.7. The highest BCUT2D eigenvalue weighted by molar-refractivity contribution is 6.31. The van der Waals surface area contributed by atoms with Crippen molar-refractivity contribution in [3.8, 4) is 17.2 Å². The van der Waals surface area contributed by atoms with Gasteiger partial charge in [-0.1, -0.05) is 0 Å². The number of carbonyl (C=O) groups excluding carboxylic acids is 2. The molecule has 0 spiro atoms. The van der Waals surface area contributed by atoms with Crippen molar-refractivity contribution >= 4 is 11.6 Å². The highest BCUT2D eigenvalue weighted by Gasteiger charge is 2.59. The van der Waals surface area contributed by atoms with E-state index in [1.165, 1.54) is 12.1 Å². The number of rotatable bonds is 4. The molecule has 2 bridgehead atoms. The van der Waals surface area contributed by atoms with E-state index in [0.29, 0.717) is 12.2 Å². The first-order valence-corrected chi connectivity index (χ1v) is 15.4. The van der Waals surface area contributed by atoms with Crippen LogP contribution >= 0.6 is 0 Å². The molecular formula is C33H39NO12. The molecule has 0 amide bonds. The average molecular weight is 642 g/mol. The number of aliphatic hydroxyl groups is 3. The van der Waals surface area contributed by atoms with E-state index in [-0.39, 0.29) is 58.6 Å². The van der Waals surface area contributed by atoms with Crippen LogP contribution < -0.4 is 4.74 Å². The molecule has 13 heteroatoms. The molecule has 2 saturated heterocycles. The summed E-state index contributed by atoms with van der Waals surface area (Å²) in [6.45, 7) is 7.15. The summed E-state index contributed by atoms with van der Waals surface area (Å²) in [5.74, 6) is -3.42. The maximum Gasteiger partial charge on any atom is 0.228 e. The molecule has 0 radical (unpaired) electrons. The second-order valence-corrected chi connectivity index (χ2v) is 14.2. The Kier molecular flexibility index (Phi) is 6.96. The molecule has 5 N–H and O–H groups in total. The van der Waals surface area contributed by atoms with E-state index in [1.54, 1.807) is 46.7 Å². The maximum atomic E-state index is 14.3. The van der Waals surface area contributed by atoms with Gasteiger partial charge in [-0.15, -0.1) is 0 Å². The van der Waals surface area contributed by atoms with E-state index >= 15 is 0 Å². The lowest BCUT2D eigenvalue weighted by Crippen LogP contribution is -2.68. The van der Waals surface area contributed by atoms with E-state index in [9.17, 15) is 35.1 Å². The second-order valence-electron chi connectivity index (χ2n) is 14.2. The molecule has 2 fully saturated rings. The number of phenols is 2. The number of aliphatic hydroxyl groups excluding tert-OH is 2. The van der Waals surface area contributed by atoms with Crippen LogP contribution in [0.3, 0.4) is 0 Å². The first-order chi connectivity index (χ1) is 21.4. The molecule has 248 valence electrons. The van der Waals surface area contributed by atoms with E-state index in [1.807, 2.05) is 0 Å². The summed E-state index contributed by atoms with van der Waals surface area (Å²) in [7, 11) is 3.37. The second kappa shape index (κ2) is 10.2. The lowest BCUT2D eigenvalue weighted by atomic mass is 9.72. The number of nitrogens with zero attached hydrogens (tertiary/aromatic N) is 1. The van der Waals surface area contributed by atoms with Gasteiger partial charge in [0, 0.05) is 29.5 Å². The quantitative estimate of drug-likeness (QED) is 0.276. The van der Waals surface area contributed by atoms with Gasteiger partial charge in [0.25, 0.3) is 0 Å². The van der Waals surface area contributed by atoms with E-state index < -0.39 is 76.8 Å². The minimum Gasteiger partial charge on any atom is -0.507 e. The number of phenolic OH excluding ortho intramolecular Hbond substituents is 2. The number of fused-ring (bicyclic) bond motifs is 8. The predicted molar refractivity (Wildman–Crippen MR) is 158 cm³/mol. The normalized spacial score (nSPS) is 35.7. The molecule has 7 rings (SSSR count). The lowest BCUT2D eigenvalue weighted by Gasteiger charge is -2.53. The SMILES string of the molecule is CN(C)C1C(O)C2Oc3c(cc(O)c4c3C(=O)c3cc5c(c(O)c3C4=O)C(OCC3COC(C)(C)O3)CC(C)(O)C5)C(C)(O2)C1O. The summed E-state index contributed by atoms with van der Waals surface area (Å²) >= 11 is 0. The minimum atomic E-state index is -1.52. The van der Waals surface area contributed by atoms with Gasteiger partial charge >= 0.3 is 0 Å². The van der Waals surface area contributed by atoms with Crippen LogP contribution in [0.4, 0.5) is 0 Å². The Hall–Kier alpha value is -3.14. The number of aromatic hydroxyl groups is 2. The van der Waals surface area contributed by atoms with Gasteiger partial charge in [-0.2, -0.15) is 0 Å². The van der Waals surface area contributed by atoms with Crippen LogP contribution in [0.25, 0.3) is 0 Å². The predicted octanol–water partition coefficient (Wildman–Crippen LogP) is 1.40. The Balaban J connectivity index is 1.33. The van der Waals surface area contributed by atoms with E-state index in [2.05, 4.69) is 0 Å². The van der Waals surface area contributed by atoms with Crippen molar-refractivity contribution in [3.63, 3.8) is 0 Å². The van der Waals surface area contributed by atoms with Gasteiger partial charge in [-0.25, -0.2) is 0 Å². The summed E-state index contributed by atoms with van der Waals surface area (Å²) in [5, 5.41) is 56.5. The van der Waals surface area contributed by atoms with Gasteiger partial charge in [0.2, 0.25) is 12.1 Å². The van der Waals surface area contributed by atoms with E-state index in [0.717, 1.165) is 0 Å². The Labute approximate surface area is 265 Å². The number of ether oxygens (including phenoxy) is 5. The number of hydrogen-bond donors (Lipinski definition) is 5. The van der Waals surface area contributed by atoms with Crippen LogP contribution in [0.5, 0.6) is 17.2 Å². The molecule has 46 heavy (non-hydrogen) atoms. The third-order valence-corrected chi connectivity index (χ3v) is 9.92. The lowest BCUT2D eigenvalue weighted by molar-refractivity contribution is -0.311. The molecule has 0 saturated carbocycles. The molecule has 0 aromatic heterocycles. The van der Waals surface area contributed by atoms with Crippen LogP contribution in [0.15, 0.2) is 12.1 Å². The van der Waals surface area contributed by atoms with Crippen LogP contribution in [0, 0.1) is 0 Å². The summed E-state index contributed by atoms with van der Waals surface area (Å²) in [6.07, 6.45) is -4.98. The monoisotopic (exact) mass is 641 g/mol. The first-order valence-electron chi connectivity index (χ1n) is 15.4. The fourth-order valence-corrected chi connectivity index (χ4v) is 7.77. The van der Waals surface area contributed by atoms with Gasteiger partial charge in [-0.05, 0) is 59.5 Å². The highest BCUT2D eigenvalue weighted by Crippen LogP contribution is 2.54. The fraction of sp³-hybridized carbons (Fsp3) is 0.576. The third kappa shape index (κ3) is 4.52. The van der Waals surface area contributed by atoms with Gasteiger partial charge in [0.1, 0.15) is 41.2 Å². The fourth-order valence-electron chi connectivity index (χ4n) is 7.77. The molecular weight excluding hydrogens is 602 g/mol. The molecule has 5 aliphatic rings. The zero-order valence-electron chi connectivity index (χ0n) is 26.5. The Morgan fingerprint density at radius 2 is 1.72 bits per heavy atom. The van der Waals surface area contributed by atoms with Gasteiger partial charge in [0.15, 0.2) is 11.6 Å². The topological polar surface area (TPSA) is 185 Å². The van der Waals surface area contributed by atoms with Crippen molar-refractivity contribution in [2.45, 2.75) is 94.3 Å². The van der Waals surface area contributed by atoms with Gasteiger partial charge in [-0.3, -0.25) is 9.59 Å². The van der Waals surface area contributed by atoms with Crippen molar-refractivity contribution in [3.05, 3.63) is 51.1 Å². The Morgan fingerprint density at radius 3 is 2.37 bits per heavy atom. The molecule has 2 aromatic carbocycles. The van der Waals surface area contributed by atoms with Gasteiger partial charge < -0.3 is 54.1 Å². The third-order valence-electron chi connectivity index (χ3n) is 9.92. The summed E-state index contributed by atoms with van der Waals surface area (Å²) in [6, 6.07) is 1.89. The van der Waals surface area contributed by atoms with Crippen molar-refractivity contribution in [1.29, 1.82) is 0 Å². The first kappa shape index (κ1) is 31.5. The molecule has 3 aliphatic heterocycles. The Bertz CT molecular complexity index is 1670. The molecule has 8 unspecified atom stereocenters. The van der Waals surface area contributed by atoms with E-state index in [4.69, 9.17) is 23.7 Å². The average Bonchev–Trinajstić information content (AvgIpc) is 3.31. The van der Waals surface area contributed by atoms with Crippen molar-refractivity contribution in [1.82, 2.24) is 4.90 Å². The smallest absolute Gasteiger partial charge is 0.228 e. The number of benzene rings is 2. The summed E-state index contributed by atoms with van der Waals surface area (Å²) < 4.78 is 29.6. The summed E-state index contributed by atoms with van der Waals surface area (Å²) in [4.78, 5) is 30.1. The standard InChI is InChI=1S/C33H39NO12/c1-31(2)43-12-14(45-31)11-42-18-10-32(3,41)9-13-7-15-20(25(37)19(13)18)26(38)21-17(35)8-16-28(22(21)24(15)36)44-30-27(39)23(34(5)6)29(40)33(16,4)46-30/h7-8,14,18,23,27,29-30,35,37,39-41H,9-12H2,1-6H3. The number of hydrogen-bond acceptors (Lipinski definition) is 13. The number of carbonyl (C=O) groups is 2. The zero-order valence-corrected chi connectivity index (χ0v) is 26.5. The van der Waals surface area contributed by atoms with Crippen LogP contribution in [-0.2, 0) is 31.0 Å². The summed E-state index contributed by atoms with van der Waals surface area (Å²) in [5.41, 5.74) is -3.01.